The first-order valence-electron chi connectivity index (χ1n) is 16.1. The molecule has 46 heavy (non-hydrogen) atoms. The van der Waals surface area contributed by atoms with Gasteiger partial charge in [-0.05, 0) is 98.5 Å². The summed E-state index contributed by atoms with van der Waals surface area (Å²) in [7, 11) is 0. The molecule has 1 amide bonds. The predicted molar refractivity (Wildman–Crippen MR) is 180 cm³/mol. The number of aryl methyl sites for hydroxylation is 1. The highest BCUT2D eigenvalue weighted by Gasteiger charge is 2.42. The summed E-state index contributed by atoms with van der Waals surface area (Å²) < 4.78 is 17.6. The normalized spacial score (nSPS) is 18.9. The summed E-state index contributed by atoms with van der Waals surface area (Å²) in [6.07, 6.45) is 7.14. The molecule has 8 nitrogen and oxygen atoms in total. The van der Waals surface area contributed by atoms with Crippen LogP contribution in [-0.2, 0) is 11.3 Å². The number of aliphatic hydroxyl groups excluding tert-OH is 1. The monoisotopic (exact) mass is 665 g/mol. The van der Waals surface area contributed by atoms with Gasteiger partial charge in [-0.15, -0.1) is 0 Å². The standard InChI is InChI=1S/C36H41Cl2N3O5/c1-22-18-30(37)34(31(38)19-22)45-17-16-44-28-9-4-24(5-10-28)29-20-26-6-11-32(40-26)33(29)36(43)41(27-7-8-27)21-25-12-13-39-35(23(25)2)46-15-3-14-42/h4-5,9-10,12-13,18-19,26-27,32,40,42H,3,6-8,11,14-17,20-21H2,1-2H3/t26-,32?/m0/s1. The van der Waals surface area contributed by atoms with Gasteiger partial charge in [0.1, 0.15) is 19.0 Å². The van der Waals surface area contributed by atoms with Crippen LogP contribution in [0.3, 0.4) is 0 Å². The smallest absolute Gasteiger partial charge is 0.252 e. The molecule has 1 saturated carbocycles. The van der Waals surface area contributed by atoms with Crippen LogP contribution in [0.2, 0.25) is 10.0 Å². The number of rotatable bonds is 14. The quantitative estimate of drug-likeness (QED) is 0.185. The van der Waals surface area contributed by atoms with Gasteiger partial charge in [0.2, 0.25) is 5.88 Å². The third-order valence-electron chi connectivity index (χ3n) is 8.94. The summed E-state index contributed by atoms with van der Waals surface area (Å²) in [6, 6.07) is 14.3. The van der Waals surface area contributed by atoms with E-state index in [2.05, 4.69) is 27.3 Å². The van der Waals surface area contributed by atoms with Crippen LogP contribution >= 0.6 is 23.2 Å². The molecule has 1 unspecified atom stereocenters. The highest BCUT2D eigenvalue weighted by Crippen LogP contribution is 2.41. The molecule has 244 valence electrons. The van der Waals surface area contributed by atoms with E-state index in [0.29, 0.717) is 60.5 Å². The second-order valence-electron chi connectivity index (χ2n) is 12.4. The fourth-order valence-electron chi connectivity index (χ4n) is 6.40. The molecule has 2 fully saturated rings. The van der Waals surface area contributed by atoms with Crippen molar-refractivity contribution in [3.8, 4) is 17.4 Å². The highest BCUT2D eigenvalue weighted by atomic mass is 35.5. The van der Waals surface area contributed by atoms with Crippen molar-refractivity contribution in [2.75, 3.05) is 26.4 Å². The Balaban J connectivity index is 1.17. The summed E-state index contributed by atoms with van der Waals surface area (Å²) >= 11 is 12.6. The molecular weight excluding hydrogens is 625 g/mol. The van der Waals surface area contributed by atoms with Crippen LogP contribution in [-0.4, -0.2) is 65.5 Å². The van der Waals surface area contributed by atoms with E-state index in [4.69, 9.17) is 42.5 Å². The number of aliphatic hydroxyl groups is 1. The zero-order chi connectivity index (χ0) is 32.2. The third kappa shape index (κ3) is 7.46. The van der Waals surface area contributed by atoms with Gasteiger partial charge in [-0.1, -0.05) is 35.3 Å². The fourth-order valence-corrected chi connectivity index (χ4v) is 7.11. The number of carbonyl (C=O) groups excluding carboxylic acids is 1. The van der Waals surface area contributed by atoms with Crippen LogP contribution < -0.4 is 19.5 Å². The zero-order valence-electron chi connectivity index (χ0n) is 26.4. The number of benzene rings is 2. The summed E-state index contributed by atoms with van der Waals surface area (Å²) in [5, 5.41) is 13.8. The van der Waals surface area contributed by atoms with E-state index in [1.807, 2.05) is 44.2 Å². The zero-order valence-corrected chi connectivity index (χ0v) is 27.9. The maximum atomic E-state index is 14.5. The van der Waals surface area contributed by atoms with Gasteiger partial charge in [-0.3, -0.25) is 4.79 Å². The Morgan fingerprint density at radius 1 is 0.978 bits per heavy atom. The number of hydrogen-bond acceptors (Lipinski definition) is 7. The molecule has 1 aliphatic carbocycles. The van der Waals surface area contributed by atoms with Gasteiger partial charge in [0.05, 0.1) is 16.7 Å². The molecule has 1 aromatic heterocycles. The maximum Gasteiger partial charge on any atom is 0.252 e. The number of halogens is 2. The van der Waals surface area contributed by atoms with E-state index in [0.717, 1.165) is 71.3 Å². The average Bonchev–Trinajstić information content (AvgIpc) is 3.82. The minimum Gasteiger partial charge on any atom is -0.490 e. The third-order valence-corrected chi connectivity index (χ3v) is 9.50. The lowest BCUT2D eigenvalue weighted by atomic mass is 9.88. The van der Waals surface area contributed by atoms with E-state index in [9.17, 15) is 4.79 Å². The van der Waals surface area contributed by atoms with E-state index in [-0.39, 0.29) is 24.6 Å². The van der Waals surface area contributed by atoms with Gasteiger partial charge < -0.3 is 29.5 Å². The fraction of sp³-hybridized carbons (Fsp3) is 0.444. The Labute approximate surface area is 280 Å². The lowest BCUT2D eigenvalue weighted by Crippen LogP contribution is -2.44. The molecule has 2 N–H and O–H groups in total. The molecule has 3 aliphatic rings. The largest absolute Gasteiger partial charge is 0.490 e. The first-order valence-corrected chi connectivity index (χ1v) is 16.9. The second kappa shape index (κ2) is 14.6. The van der Waals surface area contributed by atoms with Crippen LogP contribution in [0.4, 0.5) is 0 Å². The molecule has 2 aromatic carbocycles. The van der Waals surface area contributed by atoms with Crippen molar-refractivity contribution in [2.45, 2.75) is 77.0 Å². The number of ether oxygens (including phenoxy) is 3. The molecule has 1 saturated heterocycles. The van der Waals surface area contributed by atoms with Gasteiger partial charge in [-0.2, -0.15) is 0 Å². The predicted octanol–water partition coefficient (Wildman–Crippen LogP) is 6.69. The first kappa shape index (κ1) is 32.6. The summed E-state index contributed by atoms with van der Waals surface area (Å²) in [6.45, 7) is 5.53. The van der Waals surface area contributed by atoms with Gasteiger partial charge in [0.15, 0.2) is 5.75 Å². The number of pyridine rings is 1. The van der Waals surface area contributed by atoms with E-state index in [1.54, 1.807) is 6.20 Å². The van der Waals surface area contributed by atoms with Crippen LogP contribution in [0.15, 0.2) is 54.2 Å². The Bertz CT molecular complexity index is 1570. The summed E-state index contributed by atoms with van der Waals surface area (Å²) in [5.41, 5.74) is 6.00. The Morgan fingerprint density at radius 2 is 1.72 bits per heavy atom. The lowest BCUT2D eigenvalue weighted by Gasteiger charge is -2.32. The minimum absolute atomic E-state index is 0.0481. The Morgan fingerprint density at radius 3 is 2.43 bits per heavy atom. The van der Waals surface area contributed by atoms with Gasteiger partial charge in [-0.25, -0.2) is 4.98 Å². The average molecular weight is 667 g/mol. The van der Waals surface area contributed by atoms with Crippen LogP contribution in [0.5, 0.6) is 17.4 Å². The van der Waals surface area contributed by atoms with Crippen LogP contribution in [0, 0.1) is 13.8 Å². The van der Waals surface area contributed by atoms with Gasteiger partial charge >= 0.3 is 0 Å². The summed E-state index contributed by atoms with van der Waals surface area (Å²) in [4.78, 5) is 20.9. The van der Waals surface area contributed by atoms with Crippen LogP contribution in [0.25, 0.3) is 5.57 Å². The molecule has 2 aliphatic heterocycles. The van der Waals surface area contributed by atoms with Crippen molar-refractivity contribution in [1.82, 2.24) is 15.2 Å². The number of carbonyl (C=O) groups is 1. The molecule has 0 spiro atoms. The van der Waals surface area contributed by atoms with Crippen LogP contribution in [0.1, 0.15) is 60.8 Å². The lowest BCUT2D eigenvalue weighted by molar-refractivity contribution is -0.128. The number of nitrogens with zero attached hydrogens (tertiary/aromatic N) is 2. The number of amides is 1. The number of fused-ring (bicyclic) bond motifs is 2. The van der Waals surface area contributed by atoms with Crippen molar-refractivity contribution in [1.29, 1.82) is 0 Å². The topological polar surface area (TPSA) is 93.2 Å². The molecular formula is C36H41Cl2N3O5. The molecule has 6 rings (SSSR count). The molecule has 0 radical (unpaired) electrons. The second-order valence-corrected chi connectivity index (χ2v) is 13.2. The number of hydrogen-bond donors (Lipinski definition) is 2. The molecule has 10 heteroatoms. The maximum absolute atomic E-state index is 14.5. The van der Waals surface area contributed by atoms with Crippen molar-refractivity contribution in [2.24, 2.45) is 0 Å². The van der Waals surface area contributed by atoms with E-state index >= 15 is 0 Å². The van der Waals surface area contributed by atoms with Crippen molar-refractivity contribution >= 4 is 34.7 Å². The van der Waals surface area contributed by atoms with Crippen molar-refractivity contribution in [3.05, 3.63) is 86.5 Å². The Hall–Kier alpha value is -3.30. The SMILES string of the molecule is Cc1cc(Cl)c(OCCOc2ccc(C3=C(C(=O)N(Cc4ccnc(OCCCO)c4C)C4CC4)C4CC[C@@H](C3)N4)cc2)c(Cl)c1. The Kier molecular flexibility index (Phi) is 10.4. The molecule has 2 atom stereocenters. The van der Waals surface area contributed by atoms with Crippen molar-refractivity contribution in [3.63, 3.8) is 0 Å². The van der Waals surface area contributed by atoms with E-state index in [1.165, 1.54) is 0 Å². The molecule has 3 heterocycles. The minimum atomic E-state index is 0.0481. The molecule has 2 bridgehead atoms. The number of nitrogens with one attached hydrogen (secondary N) is 1. The molecule has 3 aromatic rings. The highest BCUT2D eigenvalue weighted by molar-refractivity contribution is 6.37. The first-order chi connectivity index (χ1) is 22.3. The van der Waals surface area contributed by atoms with Crippen molar-refractivity contribution < 1.29 is 24.1 Å². The van der Waals surface area contributed by atoms with Gasteiger partial charge in [0.25, 0.3) is 5.91 Å². The number of aromatic nitrogens is 1. The van der Waals surface area contributed by atoms with Gasteiger partial charge in [0, 0.05) is 55.0 Å². The van der Waals surface area contributed by atoms with E-state index < -0.39 is 0 Å². The summed E-state index contributed by atoms with van der Waals surface area (Å²) in [5.74, 6) is 1.86.